The Morgan fingerprint density at radius 3 is 1.72 bits per heavy atom. The first-order valence-electron chi connectivity index (χ1n) is 19.3. The van der Waals surface area contributed by atoms with Crippen LogP contribution in [-0.2, 0) is 32.7 Å². The Labute approximate surface area is 353 Å². The van der Waals surface area contributed by atoms with E-state index in [-0.39, 0.29) is 23.6 Å². The van der Waals surface area contributed by atoms with Gasteiger partial charge in [-0.1, -0.05) is 139 Å². The van der Waals surface area contributed by atoms with E-state index < -0.39 is 17.5 Å². The van der Waals surface area contributed by atoms with Crippen LogP contribution in [0.1, 0.15) is 55.0 Å². The highest BCUT2D eigenvalue weighted by Gasteiger charge is 2.37. The third-order valence-corrected chi connectivity index (χ3v) is 10.7. The number of aromatic nitrogens is 1. The first-order chi connectivity index (χ1) is 29.4. The highest BCUT2D eigenvalue weighted by Crippen LogP contribution is 2.40. The fraction of sp³-hybridized carbons (Fsp3) is 0.120. The van der Waals surface area contributed by atoms with Crippen LogP contribution in [0.2, 0.25) is 0 Å². The zero-order valence-corrected chi connectivity index (χ0v) is 34.1. The maximum absolute atomic E-state index is 13.8. The molecule has 0 atom stereocenters. The van der Waals surface area contributed by atoms with Gasteiger partial charge in [0.1, 0.15) is 29.3 Å². The molecule has 0 radical (unpaired) electrons. The summed E-state index contributed by atoms with van der Waals surface area (Å²) in [7, 11) is 3.26. The molecule has 0 aliphatic heterocycles. The molecule has 0 aliphatic carbocycles. The molecule has 1 aromatic heterocycles. The predicted octanol–water partition coefficient (Wildman–Crippen LogP) is 10.0. The number of benzene rings is 6. The van der Waals surface area contributed by atoms with Gasteiger partial charge in [-0.3, -0.25) is 0 Å². The molecule has 300 valence electrons. The van der Waals surface area contributed by atoms with Crippen molar-refractivity contribution in [3.05, 3.63) is 226 Å². The summed E-state index contributed by atoms with van der Waals surface area (Å²) in [5.41, 5.74) is 6.31. The maximum Gasteiger partial charge on any atom is 0.365 e. The number of hydrogen-bond donors (Lipinski definition) is 1. The Bertz CT molecular complexity index is 2460. The van der Waals surface area contributed by atoms with Crippen LogP contribution in [0.15, 0.2) is 181 Å². The first-order valence-corrected chi connectivity index (χ1v) is 20.1. The number of oxime groups is 1. The predicted molar refractivity (Wildman–Crippen MR) is 236 cm³/mol. The molecule has 1 heterocycles. The van der Waals surface area contributed by atoms with E-state index in [9.17, 15) is 9.59 Å². The lowest BCUT2D eigenvalue weighted by atomic mass is 9.77. The molecule has 0 unspecified atom stereocenters. The molecule has 0 fully saturated rings. The normalized spacial score (nSPS) is 11.3. The first kappa shape index (κ1) is 40.9. The number of esters is 1. The van der Waals surface area contributed by atoms with Gasteiger partial charge in [0.25, 0.3) is 0 Å². The van der Waals surface area contributed by atoms with Crippen LogP contribution in [0.4, 0.5) is 5.13 Å². The largest absolute Gasteiger partial charge is 0.497 e. The van der Waals surface area contributed by atoms with Gasteiger partial charge in [-0.05, 0) is 88.2 Å². The molecule has 0 saturated carbocycles. The summed E-state index contributed by atoms with van der Waals surface area (Å²) < 4.78 is 16.1. The summed E-state index contributed by atoms with van der Waals surface area (Å²) in [6, 6.07) is 51.4. The molecule has 0 aliphatic rings. The lowest BCUT2D eigenvalue weighted by Gasteiger charge is -2.36. The van der Waals surface area contributed by atoms with E-state index in [0.29, 0.717) is 18.0 Å². The van der Waals surface area contributed by atoms with Crippen molar-refractivity contribution >= 4 is 34.1 Å². The number of carbonyl (C=O) groups excluding carboxylic acids is 2. The van der Waals surface area contributed by atoms with Crippen molar-refractivity contribution < 1.29 is 28.6 Å². The van der Waals surface area contributed by atoms with E-state index in [4.69, 9.17) is 24.0 Å². The Kier molecular flexibility index (Phi) is 13.2. The molecule has 10 heteroatoms. The zero-order chi connectivity index (χ0) is 41.7. The molecular formula is C50H43N3O6S. The fourth-order valence-corrected chi connectivity index (χ4v) is 7.68. The Morgan fingerprint density at radius 1 is 0.700 bits per heavy atom. The van der Waals surface area contributed by atoms with Gasteiger partial charge in [-0.25, -0.2) is 14.6 Å². The van der Waals surface area contributed by atoms with E-state index in [1.807, 2.05) is 109 Å². The maximum atomic E-state index is 13.8. The minimum Gasteiger partial charge on any atom is -0.497 e. The molecule has 7 rings (SSSR count). The number of anilines is 1. The smallest absolute Gasteiger partial charge is 0.365 e. The Balaban J connectivity index is 1.21. The number of hydrogen-bond acceptors (Lipinski definition) is 10. The average molecular weight is 814 g/mol. The molecular weight excluding hydrogens is 771 g/mol. The van der Waals surface area contributed by atoms with Crippen molar-refractivity contribution in [1.82, 2.24) is 4.98 Å². The van der Waals surface area contributed by atoms with Gasteiger partial charge in [0, 0.05) is 5.38 Å². The molecule has 0 saturated heterocycles. The van der Waals surface area contributed by atoms with E-state index in [0.717, 1.165) is 50.4 Å². The summed E-state index contributed by atoms with van der Waals surface area (Å²) >= 11 is 1.28. The van der Waals surface area contributed by atoms with Gasteiger partial charge in [0.05, 0.1) is 19.8 Å². The number of rotatable bonds is 17. The SMILES string of the molecule is C=CCOC(=O)/C(=N\OC(=O)c1ccc(Cc2ccc(OC)cc2)c(Cc2ccc(OC)cc2)c1)c1csc(NC(c2ccccc2)(c2ccccc2)c2ccccc2)n1. The summed E-state index contributed by atoms with van der Waals surface area (Å²) in [6.45, 7) is 3.58. The highest BCUT2D eigenvalue weighted by atomic mass is 32.1. The summed E-state index contributed by atoms with van der Waals surface area (Å²) in [6.07, 6.45) is 2.62. The van der Waals surface area contributed by atoms with E-state index in [1.165, 1.54) is 17.4 Å². The van der Waals surface area contributed by atoms with Crippen molar-refractivity contribution in [2.75, 3.05) is 26.1 Å². The zero-order valence-electron chi connectivity index (χ0n) is 33.2. The van der Waals surface area contributed by atoms with Crippen molar-refractivity contribution in [1.29, 1.82) is 0 Å². The van der Waals surface area contributed by atoms with Crippen LogP contribution in [0.25, 0.3) is 0 Å². The van der Waals surface area contributed by atoms with Gasteiger partial charge < -0.3 is 24.4 Å². The van der Waals surface area contributed by atoms with Crippen molar-refractivity contribution in [3.63, 3.8) is 0 Å². The molecule has 1 N–H and O–H groups in total. The molecule has 9 nitrogen and oxygen atoms in total. The number of thiazole rings is 1. The second kappa shape index (κ2) is 19.4. The average Bonchev–Trinajstić information content (AvgIpc) is 3.77. The fourth-order valence-electron chi connectivity index (χ4n) is 6.93. The van der Waals surface area contributed by atoms with Gasteiger partial charge >= 0.3 is 11.9 Å². The second-order valence-corrected chi connectivity index (χ2v) is 14.6. The van der Waals surface area contributed by atoms with Crippen molar-refractivity contribution in [3.8, 4) is 11.5 Å². The minimum absolute atomic E-state index is 0.0788. The number of methoxy groups -OCH3 is 2. The molecule has 0 amide bonds. The van der Waals surface area contributed by atoms with Crippen molar-refractivity contribution in [2.45, 2.75) is 18.4 Å². The van der Waals surface area contributed by atoms with E-state index in [2.05, 4.69) is 53.4 Å². The lowest BCUT2D eigenvalue weighted by molar-refractivity contribution is -0.134. The van der Waals surface area contributed by atoms with Gasteiger partial charge in [0.15, 0.2) is 5.13 Å². The Hall–Kier alpha value is -7.30. The van der Waals surface area contributed by atoms with E-state index in [1.54, 1.807) is 31.7 Å². The number of nitrogens with one attached hydrogen (secondary N) is 1. The van der Waals surface area contributed by atoms with Gasteiger partial charge in [-0.15, -0.1) is 11.3 Å². The van der Waals surface area contributed by atoms with Crippen LogP contribution in [0.3, 0.4) is 0 Å². The lowest BCUT2D eigenvalue weighted by Crippen LogP contribution is -2.38. The molecule has 0 spiro atoms. The third kappa shape index (κ3) is 9.52. The molecule has 6 aromatic carbocycles. The number of ether oxygens (including phenoxy) is 3. The van der Waals surface area contributed by atoms with Crippen LogP contribution in [0, 0.1) is 0 Å². The standard InChI is InChI=1S/C50H43N3O6S/c1-4-30-58-48(55)46(45-34-60-49(51-45)52-50(40-14-8-5-9-15-40,41-16-10-6-11-17-41)42-18-12-7-13-19-42)53-59-47(54)38-25-24-37(31-35-20-26-43(56-2)27-21-35)39(33-38)32-36-22-28-44(57-3)29-23-36/h4-29,33-34H,1,30-32H2,2-3H3,(H,51,52)/b53-46-. The van der Waals surface area contributed by atoms with E-state index >= 15 is 0 Å². The molecule has 60 heavy (non-hydrogen) atoms. The highest BCUT2D eigenvalue weighted by molar-refractivity contribution is 7.14. The van der Waals surface area contributed by atoms with Crippen LogP contribution >= 0.6 is 11.3 Å². The molecule has 0 bridgehead atoms. The number of carbonyl (C=O) groups is 2. The summed E-state index contributed by atoms with van der Waals surface area (Å²) in [5, 5.41) is 9.98. The van der Waals surface area contributed by atoms with Crippen LogP contribution in [-0.4, -0.2) is 43.5 Å². The van der Waals surface area contributed by atoms with Crippen LogP contribution in [0.5, 0.6) is 11.5 Å². The van der Waals surface area contributed by atoms with Gasteiger partial charge in [-0.2, -0.15) is 0 Å². The summed E-state index contributed by atoms with van der Waals surface area (Å²) in [5.74, 6) is -0.0509. The second-order valence-electron chi connectivity index (χ2n) is 13.7. The monoisotopic (exact) mass is 813 g/mol. The van der Waals surface area contributed by atoms with Crippen LogP contribution < -0.4 is 14.8 Å². The number of nitrogens with zero attached hydrogens (tertiary/aromatic N) is 2. The minimum atomic E-state index is -0.866. The molecule has 7 aromatic rings. The Morgan fingerprint density at radius 2 is 1.22 bits per heavy atom. The van der Waals surface area contributed by atoms with Gasteiger partial charge in [0.2, 0.25) is 5.71 Å². The third-order valence-electron chi connectivity index (χ3n) is 9.96. The topological polar surface area (TPSA) is 108 Å². The van der Waals surface area contributed by atoms with Crippen molar-refractivity contribution in [2.24, 2.45) is 5.16 Å². The summed E-state index contributed by atoms with van der Waals surface area (Å²) in [4.78, 5) is 37.6. The quantitative estimate of drug-likeness (QED) is 0.0242.